The molecular formula is C29H33FN2. The van der Waals surface area contributed by atoms with Crippen molar-refractivity contribution in [1.82, 2.24) is 0 Å². The van der Waals surface area contributed by atoms with Gasteiger partial charge in [-0.25, -0.2) is 4.39 Å². The van der Waals surface area contributed by atoms with E-state index in [0.717, 1.165) is 24.0 Å². The number of benzene rings is 3. The molecule has 0 aliphatic rings. The average Bonchev–Trinajstić information content (AvgIpc) is 2.83. The van der Waals surface area contributed by atoms with Crippen molar-refractivity contribution in [3.63, 3.8) is 0 Å². The zero-order valence-electron chi connectivity index (χ0n) is 19.2. The smallest absolute Gasteiger partial charge is 0.131 e. The van der Waals surface area contributed by atoms with Gasteiger partial charge in [0.15, 0.2) is 0 Å². The van der Waals surface area contributed by atoms with Crippen LogP contribution in [0.25, 0.3) is 11.1 Å². The first-order valence-electron chi connectivity index (χ1n) is 11.7. The monoisotopic (exact) mass is 428 g/mol. The Bertz CT molecular complexity index is 1020. The Morgan fingerprint density at radius 1 is 0.688 bits per heavy atom. The lowest BCUT2D eigenvalue weighted by atomic mass is 10.00. The van der Waals surface area contributed by atoms with Gasteiger partial charge in [-0.3, -0.25) is 0 Å². The lowest BCUT2D eigenvalue weighted by molar-refractivity contribution is 0.630. The molecule has 3 rings (SSSR count). The van der Waals surface area contributed by atoms with Crippen LogP contribution in [0.15, 0.2) is 76.9 Å². The van der Waals surface area contributed by atoms with Gasteiger partial charge in [-0.2, -0.15) is 10.2 Å². The molecule has 0 unspecified atom stereocenters. The van der Waals surface area contributed by atoms with E-state index in [0.29, 0.717) is 11.1 Å². The number of aryl methyl sites for hydroxylation is 2. The van der Waals surface area contributed by atoms with Gasteiger partial charge in [0.1, 0.15) is 5.82 Å². The highest BCUT2D eigenvalue weighted by Gasteiger charge is 2.06. The van der Waals surface area contributed by atoms with E-state index in [2.05, 4.69) is 48.3 Å². The molecule has 0 saturated heterocycles. The molecule has 0 aromatic heterocycles. The SMILES string of the molecule is CCCCCCCc1ccc(-c2ccc(C=NN=Cc3ccc(CC)cc3)cc2F)cc1. The Morgan fingerprint density at radius 3 is 1.97 bits per heavy atom. The Labute approximate surface area is 191 Å². The number of rotatable bonds is 11. The van der Waals surface area contributed by atoms with Gasteiger partial charge in [0.05, 0.1) is 12.4 Å². The summed E-state index contributed by atoms with van der Waals surface area (Å²) >= 11 is 0. The second-order valence-corrected chi connectivity index (χ2v) is 8.18. The average molecular weight is 429 g/mol. The summed E-state index contributed by atoms with van der Waals surface area (Å²) in [5.41, 5.74) is 5.79. The van der Waals surface area contributed by atoms with Crippen LogP contribution in [0, 0.1) is 5.82 Å². The second kappa shape index (κ2) is 12.7. The summed E-state index contributed by atoms with van der Waals surface area (Å²) < 4.78 is 14.7. The van der Waals surface area contributed by atoms with Crippen LogP contribution in [0.4, 0.5) is 4.39 Å². The van der Waals surface area contributed by atoms with E-state index in [-0.39, 0.29) is 5.82 Å². The minimum Gasteiger partial charge on any atom is -0.206 e. The van der Waals surface area contributed by atoms with Crippen LogP contribution in [0.3, 0.4) is 0 Å². The molecule has 0 N–H and O–H groups in total. The van der Waals surface area contributed by atoms with Crippen LogP contribution >= 0.6 is 0 Å². The molecule has 2 nitrogen and oxygen atoms in total. The third-order valence-corrected chi connectivity index (χ3v) is 5.70. The largest absolute Gasteiger partial charge is 0.206 e. The molecule has 0 amide bonds. The van der Waals surface area contributed by atoms with Crippen molar-refractivity contribution < 1.29 is 4.39 Å². The number of hydrogen-bond acceptors (Lipinski definition) is 2. The number of hydrogen-bond donors (Lipinski definition) is 0. The van der Waals surface area contributed by atoms with Crippen LogP contribution in [0.2, 0.25) is 0 Å². The minimum absolute atomic E-state index is 0.250. The zero-order valence-corrected chi connectivity index (χ0v) is 19.2. The quantitative estimate of drug-likeness (QED) is 0.168. The first-order chi connectivity index (χ1) is 15.7. The van der Waals surface area contributed by atoms with Crippen molar-refractivity contribution in [2.45, 2.75) is 58.8 Å². The summed E-state index contributed by atoms with van der Waals surface area (Å²) in [6, 6.07) is 21.7. The number of nitrogens with zero attached hydrogens (tertiary/aromatic N) is 2. The fourth-order valence-electron chi connectivity index (χ4n) is 3.67. The van der Waals surface area contributed by atoms with Crippen molar-refractivity contribution in [3.8, 4) is 11.1 Å². The molecule has 0 heterocycles. The molecule has 0 atom stereocenters. The lowest BCUT2D eigenvalue weighted by Crippen LogP contribution is -1.90. The van der Waals surface area contributed by atoms with E-state index in [4.69, 9.17) is 0 Å². The number of halogens is 1. The van der Waals surface area contributed by atoms with Gasteiger partial charge >= 0.3 is 0 Å². The Balaban J connectivity index is 1.57. The summed E-state index contributed by atoms with van der Waals surface area (Å²) in [5.74, 6) is -0.250. The topological polar surface area (TPSA) is 24.7 Å². The number of unbranched alkanes of at least 4 members (excludes halogenated alkanes) is 4. The van der Waals surface area contributed by atoms with Crippen LogP contribution in [0.1, 0.15) is 68.2 Å². The maximum absolute atomic E-state index is 14.7. The van der Waals surface area contributed by atoms with Gasteiger partial charge in [0.2, 0.25) is 0 Å². The normalized spacial score (nSPS) is 11.6. The van der Waals surface area contributed by atoms with Crippen LogP contribution in [-0.2, 0) is 12.8 Å². The minimum atomic E-state index is -0.250. The maximum atomic E-state index is 14.7. The molecule has 3 aromatic rings. The van der Waals surface area contributed by atoms with Crippen LogP contribution < -0.4 is 0 Å². The molecule has 0 aliphatic carbocycles. The molecule has 0 fully saturated rings. The summed E-state index contributed by atoms with van der Waals surface area (Å²) in [5, 5.41) is 8.13. The van der Waals surface area contributed by atoms with Crippen LogP contribution in [-0.4, -0.2) is 12.4 Å². The van der Waals surface area contributed by atoms with E-state index >= 15 is 0 Å². The van der Waals surface area contributed by atoms with Gasteiger partial charge in [-0.15, -0.1) is 0 Å². The van der Waals surface area contributed by atoms with E-state index in [1.807, 2.05) is 36.4 Å². The zero-order chi connectivity index (χ0) is 22.6. The molecule has 0 aliphatic heterocycles. The van der Waals surface area contributed by atoms with E-state index in [1.54, 1.807) is 12.4 Å². The molecular weight excluding hydrogens is 395 g/mol. The van der Waals surface area contributed by atoms with E-state index < -0.39 is 0 Å². The van der Waals surface area contributed by atoms with Crippen molar-refractivity contribution >= 4 is 12.4 Å². The molecule has 166 valence electrons. The van der Waals surface area contributed by atoms with Gasteiger partial charge in [-0.05, 0) is 53.1 Å². The highest BCUT2D eigenvalue weighted by Crippen LogP contribution is 2.24. The maximum Gasteiger partial charge on any atom is 0.131 e. The van der Waals surface area contributed by atoms with E-state index in [9.17, 15) is 4.39 Å². The standard InChI is InChI=1S/C29H33FN2/c1-3-5-6-7-8-9-24-14-17-27(18-15-24)28-19-16-26(20-29(28)30)22-32-31-21-25-12-10-23(4-2)11-13-25/h10-22H,3-9H2,1-2H3. The lowest BCUT2D eigenvalue weighted by Gasteiger charge is -2.07. The van der Waals surface area contributed by atoms with Gasteiger partial charge < -0.3 is 0 Å². The highest BCUT2D eigenvalue weighted by molar-refractivity contribution is 5.83. The first kappa shape index (κ1) is 23.6. The fourth-order valence-corrected chi connectivity index (χ4v) is 3.67. The van der Waals surface area contributed by atoms with Crippen molar-refractivity contribution in [2.75, 3.05) is 0 Å². The third-order valence-electron chi connectivity index (χ3n) is 5.70. The fraction of sp³-hybridized carbons (Fsp3) is 0.310. The summed E-state index contributed by atoms with van der Waals surface area (Å²) in [6.45, 7) is 4.36. The van der Waals surface area contributed by atoms with Crippen molar-refractivity contribution in [3.05, 3.63) is 94.8 Å². The Hall–Kier alpha value is -3.07. The third kappa shape index (κ3) is 7.26. The van der Waals surface area contributed by atoms with Crippen molar-refractivity contribution in [2.24, 2.45) is 10.2 Å². The highest BCUT2D eigenvalue weighted by atomic mass is 19.1. The molecule has 3 heteroatoms. The predicted molar refractivity (Wildman–Crippen MR) is 135 cm³/mol. The molecule has 0 spiro atoms. The van der Waals surface area contributed by atoms with Crippen LogP contribution in [0.5, 0.6) is 0 Å². The van der Waals surface area contributed by atoms with Gasteiger partial charge in [0.25, 0.3) is 0 Å². The molecule has 0 bridgehead atoms. The Kier molecular flexibility index (Phi) is 9.37. The molecule has 0 saturated carbocycles. The molecule has 3 aromatic carbocycles. The predicted octanol–water partition coefficient (Wildman–Crippen LogP) is 8.02. The molecule has 0 radical (unpaired) electrons. The van der Waals surface area contributed by atoms with Gasteiger partial charge in [-0.1, -0.05) is 100 Å². The van der Waals surface area contributed by atoms with E-state index in [1.165, 1.54) is 49.3 Å². The van der Waals surface area contributed by atoms with Gasteiger partial charge in [0, 0.05) is 5.56 Å². The Morgan fingerprint density at radius 2 is 1.31 bits per heavy atom. The molecule has 32 heavy (non-hydrogen) atoms. The summed E-state index contributed by atoms with van der Waals surface area (Å²) in [7, 11) is 0. The van der Waals surface area contributed by atoms with Crippen molar-refractivity contribution in [1.29, 1.82) is 0 Å². The summed E-state index contributed by atoms with van der Waals surface area (Å²) in [6.07, 6.45) is 11.8. The summed E-state index contributed by atoms with van der Waals surface area (Å²) in [4.78, 5) is 0. The first-order valence-corrected chi connectivity index (χ1v) is 11.7. The second-order valence-electron chi connectivity index (χ2n) is 8.18.